The Hall–Kier alpha value is 0.130. The van der Waals surface area contributed by atoms with Crippen LogP contribution in [0.3, 0.4) is 0 Å². The van der Waals surface area contributed by atoms with Crippen LogP contribution in [0.5, 0.6) is 0 Å². The first-order valence-electron chi connectivity index (χ1n) is 4.78. The second-order valence-corrected chi connectivity index (χ2v) is 5.72. The lowest BCUT2D eigenvalue weighted by Gasteiger charge is -2.15. The molecule has 1 heterocycles. The minimum Gasteiger partial charge on any atom is -0.349 e. The largest absolute Gasteiger partial charge is 0.349 e. The predicted molar refractivity (Wildman–Crippen MR) is 72.0 cm³/mol. The second-order valence-electron chi connectivity index (χ2n) is 3.15. The molecule has 1 amide bonds. The van der Waals surface area contributed by atoms with Crippen LogP contribution in [-0.2, 0) is 0 Å². The number of halogens is 2. The van der Waals surface area contributed by atoms with Crippen molar-refractivity contribution in [3.05, 3.63) is 20.8 Å². The zero-order chi connectivity index (χ0) is 11.3. The maximum Gasteiger partial charge on any atom is 0.262 e. The van der Waals surface area contributed by atoms with Crippen LogP contribution in [0.2, 0.25) is 0 Å². The molecular formula is C10H13Br2NOS. The van der Waals surface area contributed by atoms with Gasteiger partial charge in [0.2, 0.25) is 0 Å². The summed E-state index contributed by atoms with van der Waals surface area (Å²) in [5, 5.41) is 5.84. The number of hydrogen-bond acceptors (Lipinski definition) is 2. The summed E-state index contributed by atoms with van der Waals surface area (Å²) in [6, 6.07) is 2.15. The van der Waals surface area contributed by atoms with Crippen LogP contribution in [0.4, 0.5) is 0 Å². The van der Waals surface area contributed by atoms with Crippen molar-refractivity contribution in [3.8, 4) is 0 Å². The van der Waals surface area contributed by atoms with Gasteiger partial charge in [-0.25, -0.2) is 0 Å². The van der Waals surface area contributed by atoms with E-state index >= 15 is 0 Å². The molecule has 1 unspecified atom stereocenters. The van der Waals surface area contributed by atoms with E-state index in [1.807, 2.05) is 11.4 Å². The van der Waals surface area contributed by atoms with Crippen molar-refractivity contribution in [2.24, 2.45) is 0 Å². The smallest absolute Gasteiger partial charge is 0.262 e. The lowest BCUT2D eigenvalue weighted by molar-refractivity contribution is 0.0938. The molecule has 0 fully saturated rings. The molecular weight excluding hydrogens is 342 g/mol. The van der Waals surface area contributed by atoms with Crippen molar-refractivity contribution in [1.82, 2.24) is 5.32 Å². The summed E-state index contributed by atoms with van der Waals surface area (Å²) in [6.45, 7) is 2.08. The summed E-state index contributed by atoms with van der Waals surface area (Å²) in [5.41, 5.74) is 0. The summed E-state index contributed by atoms with van der Waals surface area (Å²) in [7, 11) is 0. The van der Waals surface area contributed by atoms with Crippen molar-refractivity contribution in [2.45, 2.75) is 25.8 Å². The van der Waals surface area contributed by atoms with E-state index in [9.17, 15) is 4.79 Å². The predicted octanol–water partition coefficient (Wildman–Crippen LogP) is 3.80. The molecule has 1 N–H and O–H groups in total. The Labute approximate surface area is 111 Å². The van der Waals surface area contributed by atoms with Gasteiger partial charge in [0.05, 0.1) is 0 Å². The average Bonchev–Trinajstić information content (AvgIpc) is 2.63. The van der Waals surface area contributed by atoms with Crippen LogP contribution in [0, 0.1) is 0 Å². The van der Waals surface area contributed by atoms with Crippen LogP contribution >= 0.6 is 43.2 Å². The third-order valence-corrected chi connectivity index (χ3v) is 4.40. The minimum atomic E-state index is 0.0182. The third-order valence-electron chi connectivity index (χ3n) is 2.11. The maximum absolute atomic E-state index is 11.8. The summed E-state index contributed by atoms with van der Waals surface area (Å²) in [5.74, 6) is 0.0182. The van der Waals surface area contributed by atoms with Crippen LogP contribution in [0.25, 0.3) is 0 Å². The highest BCUT2D eigenvalue weighted by Crippen LogP contribution is 2.22. The van der Waals surface area contributed by atoms with E-state index in [4.69, 9.17) is 0 Å². The second kappa shape index (κ2) is 6.66. The summed E-state index contributed by atoms with van der Waals surface area (Å²) >= 11 is 8.20. The molecule has 0 saturated heterocycles. The quantitative estimate of drug-likeness (QED) is 0.800. The number of alkyl halides is 1. The maximum atomic E-state index is 11.8. The van der Waals surface area contributed by atoms with E-state index in [0.717, 1.165) is 27.5 Å². The average molecular weight is 355 g/mol. The van der Waals surface area contributed by atoms with Gasteiger partial charge >= 0.3 is 0 Å². The van der Waals surface area contributed by atoms with E-state index in [1.54, 1.807) is 0 Å². The molecule has 0 saturated carbocycles. The van der Waals surface area contributed by atoms with Gasteiger partial charge in [-0.05, 0) is 40.2 Å². The van der Waals surface area contributed by atoms with Crippen molar-refractivity contribution < 1.29 is 4.79 Å². The molecule has 0 bridgehead atoms. The first kappa shape index (κ1) is 13.2. The van der Waals surface area contributed by atoms with Gasteiger partial charge in [0, 0.05) is 15.8 Å². The van der Waals surface area contributed by atoms with Gasteiger partial charge in [-0.3, -0.25) is 4.79 Å². The van der Waals surface area contributed by atoms with Gasteiger partial charge in [0.1, 0.15) is 4.88 Å². The number of hydrogen-bond donors (Lipinski definition) is 1. The molecule has 0 aliphatic heterocycles. The molecule has 5 heteroatoms. The van der Waals surface area contributed by atoms with E-state index in [2.05, 4.69) is 44.1 Å². The monoisotopic (exact) mass is 353 g/mol. The summed E-state index contributed by atoms with van der Waals surface area (Å²) in [6.07, 6.45) is 1.92. The van der Waals surface area contributed by atoms with Crippen molar-refractivity contribution in [3.63, 3.8) is 0 Å². The molecule has 84 valence electrons. The molecule has 0 aromatic carbocycles. The van der Waals surface area contributed by atoms with E-state index in [1.165, 1.54) is 11.3 Å². The van der Waals surface area contributed by atoms with Crippen molar-refractivity contribution in [1.29, 1.82) is 0 Å². The van der Waals surface area contributed by atoms with Crippen LogP contribution < -0.4 is 5.32 Å². The highest BCUT2D eigenvalue weighted by molar-refractivity contribution is 9.10. The number of rotatable bonds is 5. The Morgan fingerprint density at radius 1 is 1.67 bits per heavy atom. The molecule has 0 radical (unpaired) electrons. The number of carbonyl (C=O) groups is 1. The zero-order valence-electron chi connectivity index (χ0n) is 8.43. The normalized spacial score (nSPS) is 12.5. The standard InChI is InChI=1S/C10H13Br2NOS/c1-2-7(3-5-11)13-10(14)9-8(12)4-6-15-9/h4,6-7H,2-3,5H2,1H3,(H,13,14). The van der Waals surface area contributed by atoms with Gasteiger partial charge in [-0.15, -0.1) is 11.3 Å². The first-order chi connectivity index (χ1) is 7.19. The fraction of sp³-hybridized carbons (Fsp3) is 0.500. The van der Waals surface area contributed by atoms with Crippen LogP contribution in [0.15, 0.2) is 15.9 Å². The Kier molecular flexibility index (Phi) is 5.86. The molecule has 1 rings (SSSR count). The van der Waals surface area contributed by atoms with Gasteiger partial charge in [0.25, 0.3) is 5.91 Å². The molecule has 15 heavy (non-hydrogen) atoms. The Morgan fingerprint density at radius 3 is 2.87 bits per heavy atom. The Bertz CT molecular complexity index is 327. The van der Waals surface area contributed by atoms with E-state index in [-0.39, 0.29) is 11.9 Å². The number of carbonyl (C=O) groups excluding carboxylic acids is 1. The molecule has 1 atom stereocenters. The fourth-order valence-electron chi connectivity index (χ4n) is 1.22. The summed E-state index contributed by atoms with van der Waals surface area (Å²) < 4.78 is 0.874. The molecule has 0 spiro atoms. The Morgan fingerprint density at radius 2 is 2.40 bits per heavy atom. The van der Waals surface area contributed by atoms with Crippen molar-refractivity contribution in [2.75, 3.05) is 5.33 Å². The highest BCUT2D eigenvalue weighted by atomic mass is 79.9. The first-order valence-corrected chi connectivity index (χ1v) is 7.58. The molecule has 0 aliphatic rings. The van der Waals surface area contributed by atoms with Gasteiger partial charge in [0.15, 0.2) is 0 Å². The Balaban J connectivity index is 2.58. The third kappa shape index (κ3) is 3.89. The highest BCUT2D eigenvalue weighted by Gasteiger charge is 2.14. The number of nitrogens with one attached hydrogen (secondary N) is 1. The van der Waals surface area contributed by atoms with Gasteiger partial charge in [-0.1, -0.05) is 22.9 Å². The lowest BCUT2D eigenvalue weighted by atomic mass is 10.2. The lowest BCUT2D eigenvalue weighted by Crippen LogP contribution is -2.34. The van der Waals surface area contributed by atoms with Crippen LogP contribution in [-0.4, -0.2) is 17.3 Å². The number of thiophene rings is 1. The molecule has 1 aromatic heterocycles. The molecule has 0 aliphatic carbocycles. The fourth-order valence-corrected chi connectivity index (χ4v) is 3.22. The minimum absolute atomic E-state index is 0.0182. The zero-order valence-corrected chi connectivity index (χ0v) is 12.4. The topological polar surface area (TPSA) is 29.1 Å². The van der Waals surface area contributed by atoms with Crippen molar-refractivity contribution >= 4 is 49.1 Å². The van der Waals surface area contributed by atoms with E-state index < -0.39 is 0 Å². The summed E-state index contributed by atoms with van der Waals surface area (Å²) in [4.78, 5) is 12.6. The van der Waals surface area contributed by atoms with Gasteiger partial charge < -0.3 is 5.32 Å². The van der Waals surface area contributed by atoms with Gasteiger partial charge in [-0.2, -0.15) is 0 Å². The SMILES string of the molecule is CCC(CCBr)NC(=O)c1sccc1Br. The molecule has 2 nitrogen and oxygen atoms in total. The number of amides is 1. The molecule has 1 aromatic rings. The van der Waals surface area contributed by atoms with E-state index in [0.29, 0.717) is 0 Å². The van der Waals surface area contributed by atoms with Crippen LogP contribution in [0.1, 0.15) is 29.4 Å².